The number of halogens is 1. The number of hydrogen-bond acceptors (Lipinski definition) is 7. The second kappa shape index (κ2) is 18.6. The summed E-state index contributed by atoms with van der Waals surface area (Å²) < 4.78 is 6.23. The van der Waals surface area contributed by atoms with E-state index in [2.05, 4.69) is 70.6 Å². The first-order chi connectivity index (χ1) is 27.6. The molecule has 334 valence electrons. The number of ketones is 1. The molecule has 7 unspecified atom stereocenters. The Morgan fingerprint density at radius 2 is 1.63 bits per heavy atom. The number of benzene rings is 1. The van der Waals surface area contributed by atoms with Crippen LogP contribution >= 0.6 is 11.6 Å². The van der Waals surface area contributed by atoms with Crippen molar-refractivity contribution in [1.29, 1.82) is 0 Å². The topological polar surface area (TPSA) is 107 Å². The normalized spacial score (nSPS) is 33.0. The molecule has 0 aliphatic heterocycles. The van der Waals surface area contributed by atoms with E-state index in [1.165, 1.54) is 5.57 Å². The monoisotopic (exact) mass is 841 g/mol. The summed E-state index contributed by atoms with van der Waals surface area (Å²) in [5, 5.41) is 23.3. The molecule has 5 aliphatic rings. The molecule has 5 aliphatic carbocycles. The molecule has 6 rings (SSSR count). The molecule has 4 fully saturated rings. The van der Waals surface area contributed by atoms with Crippen LogP contribution in [0.15, 0.2) is 29.3 Å². The van der Waals surface area contributed by atoms with Gasteiger partial charge in [0.15, 0.2) is 5.78 Å². The van der Waals surface area contributed by atoms with E-state index in [4.69, 9.17) is 16.3 Å². The van der Waals surface area contributed by atoms with Crippen LogP contribution in [-0.4, -0.2) is 83.7 Å². The van der Waals surface area contributed by atoms with Gasteiger partial charge < -0.3 is 19.8 Å². The van der Waals surface area contributed by atoms with Gasteiger partial charge in [0.1, 0.15) is 6.10 Å². The molecule has 1 spiro atoms. The SMILES string of the molecule is CC.CC.Cc1ccc(CN(CCN(C)C)CC(O)C23CCCCC4C(C)(CC[C@@]56CC5(C)C(OC(=O)CC(C)(C)C(=O)O)CCC46C)C2=C(C(C)C)C(=O)C3)c(Cl)c1. The molecule has 0 amide bonds. The molecular weight excluding hydrogens is 760 g/mol. The van der Waals surface area contributed by atoms with E-state index in [0.29, 0.717) is 25.4 Å². The number of rotatable bonds is 13. The van der Waals surface area contributed by atoms with E-state index in [-0.39, 0.29) is 45.9 Å². The lowest BCUT2D eigenvalue weighted by Gasteiger charge is -2.64. The highest BCUT2D eigenvalue weighted by atomic mass is 35.5. The number of carbonyl (C=O) groups is 3. The number of nitrogens with zero attached hydrogens (tertiary/aromatic N) is 2. The van der Waals surface area contributed by atoms with E-state index in [1.54, 1.807) is 13.8 Å². The Bertz CT molecular complexity index is 1720. The van der Waals surface area contributed by atoms with Crippen molar-refractivity contribution in [2.75, 3.05) is 33.7 Å². The van der Waals surface area contributed by atoms with Crippen LogP contribution in [0.1, 0.15) is 158 Å². The van der Waals surface area contributed by atoms with Crippen molar-refractivity contribution < 1.29 is 29.3 Å². The maximum Gasteiger partial charge on any atom is 0.309 e. The third-order valence-electron chi connectivity index (χ3n) is 16.0. The zero-order chi connectivity index (χ0) is 44.5. The first kappa shape index (κ1) is 49.4. The van der Waals surface area contributed by atoms with Crippen molar-refractivity contribution in [2.45, 2.75) is 172 Å². The maximum atomic E-state index is 14.5. The average Bonchev–Trinajstić information content (AvgIpc) is 3.69. The van der Waals surface area contributed by atoms with Crippen molar-refractivity contribution in [2.24, 2.45) is 44.3 Å². The van der Waals surface area contributed by atoms with Crippen molar-refractivity contribution in [1.82, 2.24) is 9.80 Å². The highest BCUT2D eigenvalue weighted by Gasteiger charge is 2.81. The second-order valence-corrected chi connectivity index (χ2v) is 20.9. The zero-order valence-electron chi connectivity index (χ0n) is 39.4. The molecule has 8 nitrogen and oxygen atoms in total. The number of carbonyl (C=O) groups excluding carboxylic acids is 2. The number of allylic oxidation sites excluding steroid dienone is 1. The van der Waals surface area contributed by atoms with Gasteiger partial charge in [0.05, 0.1) is 17.9 Å². The number of ether oxygens (including phenoxy) is 1. The summed E-state index contributed by atoms with van der Waals surface area (Å²) in [7, 11) is 4.15. The maximum absolute atomic E-state index is 14.5. The molecule has 59 heavy (non-hydrogen) atoms. The highest BCUT2D eigenvalue weighted by Crippen LogP contribution is 2.86. The van der Waals surface area contributed by atoms with Gasteiger partial charge in [-0.3, -0.25) is 19.3 Å². The van der Waals surface area contributed by atoms with E-state index in [9.17, 15) is 24.6 Å². The van der Waals surface area contributed by atoms with Gasteiger partial charge in [0.25, 0.3) is 0 Å². The van der Waals surface area contributed by atoms with E-state index >= 15 is 0 Å². The molecule has 0 heterocycles. The quantitative estimate of drug-likeness (QED) is 0.189. The van der Waals surface area contributed by atoms with E-state index in [1.807, 2.05) is 40.7 Å². The van der Waals surface area contributed by atoms with Gasteiger partial charge in [-0.25, -0.2) is 0 Å². The fourth-order valence-electron chi connectivity index (χ4n) is 13.0. The summed E-state index contributed by atoms with van der Waals surface area (Å²) in [6.07, 6.45) is 7.79. The second-order valence-electron chi connectivity index (χ2n) is 20.5. The van der Waals surface area contributed by atoms with Crippen LogP contribution in [0.4, 0.5) is 0 Å². The van der Waals surface area contributed by atoms with Gasteiger partial charge in [0, 0.05) is 48.5 Å². The number of carboxylic acids is 1. The number of aryl methyl sites for hydroxylation is 1. The molecule has 1 aromatic rings. The smallest absolute Gasteiger partial charge is 0.309 e. The molecule has 8 atom stereocenters. The van der Waals surface area contributed by atoms with Crippen LogP contribution in [0.5, 0.6) is 0 Å². The Balaban J connectivity index is 0.00000186. The lowest BCUT2D eigenvalue weighted by atomic mass is 9.41. The Kier molecular flexibility index (Phi) is 15.6. The van der Waals surface area contributed by atoms with Gasteiger partial charge in [-0.2, -0.15) is 0 Å². The van der Waals surface area contributed by atoms with Crippen LogP contribution in [-0.2, 0) is 25.7 Å². The Morgan fingerprint density at radius 1 is 0.966 bits per heavy atom. The number of likely N-dealkylation sites (N-methyl/N-ethyl adjacent to an activating group) is 1. The summed E-state index contributed by atoms with van der Waals surface area (Å²) in [5.41, 5.74) is 2.13. The number of fused-ring (bicyclic) bond motifs is 4. The lowest BCUT2D eigenvalue weighted by molar-refractivity contribution is -0.175. The largest absolute Gasteiger partial charge is 0.481 e. The fraction of sp³-hybridized carbons (Fsp3) is 0.780. The average molecular weight is 842 g/mol. The molecule has 9 heteroatoms. The highest BCUT2D eigenvalue weighted by molar-refractivity contribution is 6.31. The number of aliphatic hydroxyl groups is 1. The van der Waals surface area contributed by atoms with Gasteiger partial charge >= 0.3 is 11.9 Å². The molecule has 0 aromatic heterocycles. The Labute approximate surface area is 363 Å². The van der Waals surface area contributed by atoms with Crippen LogP contribution in [0.2, 0.25) is 5.02 Å². The summed E-state index contributed by atoms with van der Waals surface area (Å²) in [4.78, 5) is 44.0. The molecule has 1 aromatic carbocycles. The minimum atomic E-state index is -1.18. The van der Waals surface area contributed by atoms with Crippen molar-refractivity contribution >= 4 is 29.3 Å². The number of carboxylic acid groups (broad SMARTS) is 1. The number of esters is 1. The van der Waals surface area contributed by atoms with Gasteiger partial charge in [-0.15, -0.1) is 0 Å². The summed E-state index contributed by atoms with van der Waals surface area (Å²) in [5.74, 6) is -0.825. The number of hydrogen-bond donors (Lipinski definition) is 2. The number of aliphatic carboxylic acids is 1. The third-order valence-corrected chi connectivity index (χ3v) is 16.4. The molecule has 0 radical (unpaired) electrons. The predicted octanol–water partition coefficient (Wildman–Crippen LogP) is 10.9. The van der Waals surface area contributed by atoms with Gasteiger partial charge in [0.2, 0.25) is 0 Å². The van der Waals surface area contributed by atoms with Crippen molar-refractivity contribution in [3.63, 3.8) is 0 Å². The van der Waals surface area contributed by atoms with Gasteiger partial charge in [-0.05, 0) is 136 Å². The molecule has 0 bridgehead atoms. The standard InChI is InChI=1S/C46H69ClN2O6.2C2H6/c1-29(2)38-33(50)24-45(35(51)27-49(22-21-48(9)10)26-31-15-14-30(3)23-32(31)47)17-12-11-13-34-42(6,39(38)45)19-20-46-28-44(46,8)36(16-18-43(34,46)7)55-37(52)25-41(4,5)40(53)54;2*1-2/h14-15,23,29,34-36,51H,11-13,16-22,24-28H2,1-10H3,(H,53,54);2*1-2H3/t34?,35?,36?,42?,43?,44?,45?,46-;;/m0../s1. The third kappa shape index (κ3) is 8.87. The molecule has 0 saturated heterocycles. The van der Waals surface area contributed by atoms with Crippen LogP contribution in [0, 0.1) is 51.2 Å². The minimum absolute atomic E-state index is 0.00755. The first-order valence-corrected chi connectivity index (χ1v) is 23.5. The van der Waals surface area contributed by atoms with Crippen LogP contribution < -0.4 is 0 Å². The number of Topliss-reactive ketones (excluding diaryl/α,β-unsaturated/α-hetero) is 1. The molecule has 2 N–H and O–H groups in total. The van der Waals surface area contributed by atoms with Crippen molar-refractivity contribution in [3.05, 3.63) is 45.5 Å². The summed E-state index contributed by atoms with van der Waals surface area (Å²) in [6.45, 7) is 27.5. The summed E-state index contributed by atoms with van der Waals surface area (Å²) in [6, 6.07) is 6.21. The first-order valence-electron chi connectivity index (χ1n) is 23.1. The van der Waals surface area contributed by atoms with Crippen LogP contribution in [0.3, 0.4) is 0 Å². The van der Waals surface area contributed by atoms with E-state index < -0.39 is 28.9 Å². The predicted molar refractivity (Wildman–Crippen MR) is 240 cm³/mol. The molecular formula is C50H81ClN2O6. The Hall–Kier alpha value is -2.26. The van der Waals surface area contributed by atoms with Crippen LogP contribution in [0.25, 0.3) is 0 Å². The Morgan fingerprint density at radius 3 is 2.22 bits per heavy atom. The lowest BCUT2D eigenvalue weighted by Crippen LogP contribution is -2.59. The molecule has 4 saturated carbocycles. The fourth-order valence-corrected chi connectivity index (χ4v) is 13.3. The van der Waals surface area contributed by atoms with Crippen molar-refractivity contribution in [3.8, 4) is 0 Å². The zero-order valence-corrected chi connectivity index (χ0v) is 40.2. The van der Waals surface area contributed by atoms with Gasteiger partial charge in [-0.1, -0.05) is 98.9 Å². The van der Waals surface area contributed by atoms with E-state index in [0.717, 1.165) is 92.6 Å². The number of aliphatic hydroxyl groups excluding tert-OH is 1. The minimum Gasteiger partial charge on any atom is -0.481 e. The summed E-state index contributed by atoms with van der Waals surface area (Å²) >= 11 is 6.78.